The fourth-order valence-corrected chi connectivity index (χ4v) is 5.85. The number of benzene rings is 3. The van der Waals surface area contributed by atoms with Gasteiger partial charge in [-0.1, -0.05) is 35.9 Å². The summed E-state index contributed by atoms with van der Waals surface area (Å²) in [6.45, 7) is 3.81. The zero-order valence-corrected chi connectivity index (χ0v) is 21.7. The van der Waals surface area contributed by atoms with Crippen molar-refractivity contribution < 1.29 is 18.0 Å². The van der Waals surface area contributed by atoms with E-state index in [-0.39, 0.29) is 22.8 Å². The Hall–Kier alpha value is -3.36. The molecular formula is C27H26ClN3O4S. The predicted octanol–water partition coefficient (Wildman–Crippen LogP) is 4.54. The largest absolute Gasteiger partial charge is 0.373 e. The first-order chi connectivity index (χ1) is 17.0. The van der Waals surface area contributed by atoms with Crippen LogP contribution in [0.4, 0.5) is 17.1 Å². The van der Waals surface area contributed by atoms with Gasteiger partial charge in [0.1, 0.15) is 6.04 Å². The highest BCUT2D eigenvalue weighted by atomic mass is 35.5. The Labute approximate surface area is 215 Å². The molecule has 0 fully saturated rings. The average Bonchev–Trinajstić information content (AvgIpc) is 3.25. The number of hydrogen-bond acceptors (Lipinski definition) is 5. The first kappa shape index (κ1) is 24.3. The van der Waals surface area contributed by atoms with E-state index in [1.54, 1.807) is 34.1 Å². The van der Waals surface area contributed by atoms with Gasteiger partial charge in [0.15, 0.2) is 9.84 Å². The number of carbonyl (C=O) groups excluding carboxylic acids is 2. The molecule has 2 aliphatic heterocycles. The minimum absolute atomic E-state index is 0.0804. The van der Waals surface area contributed by atoms with Crippen LogP contribution in [0.25, 0.3) is 11.1 Å². The average molecular weight is 524 g/mol. The minimum Gasteiger partial charge on any atom is -0.373 e. The van der Waals surface area contributed by atoms with E-state index in [2.05, 4.69) is 5.32 Å². The first-order valence-corrected chi connectivity index (χ1v) is 13.9. The first-order valence-electron chi connectivity index (χ1n) is 11.6. The molecule has 1 N–H and O–H groups in total. The van der Waals surface area contributed by atoms with Crippen molar-refractivity contribution in [1.29, 1.82) is 0 Å². The normalized spacial score (nSPS) is 18.9. The van der Waals surface area contributed by atoms with Gasteiger partial charge in [-0.25, -0.2) is 8.42 Å². The van der Waals surface area contributed by atoms with Crippen molar-refractivity contribution in [1.82, 2.24) is 0 Å². The number of amides is 2. The maximum atomic E-state index is 13.8. The molecule has 0 aromatic heterocycles. The lowest BCUT2D eigenvalue weighted by molar-refractivity contribution is -0.120. The Morgan fingerprint density at radius 2 is 1.67 bits per heavy atom. The highest BCUT2D eigenvalue weighted by Crippen LogP contribution is 2.40. The summed E-state index contributed by atoms with van der Waals surface area (Å²) in [5, 5.41) is 3.91. The molecule has 186 valence electrons. The summed E-state index contributed by atoms with van der Waals surface area (Å²) in [6.07, 6.45) is 1.72. The summed E-state index contributed by atoms with van der Waals surface area (Å²) < 4.78 is 23.7. The lowest BCUT2D eigenvalue weighted by Gasteiger charge is -2.41. The Balaban J connectivity index is 1.53. The van der Waals surface area contributed by atoms with Crippen LogP contribution in [0.5, 0.6) is 0 Å². The third-order valence-electron chi connectivity index (χ3n) is 6.76. The van der Waals surface area contributed by atoms with E-state index in [9.17, 15) is 18.0 Å². The zero-order chi connectivity index (χ0) is 25.8. The summed E-state index contributed by atoms with van der Waals surface area (Å²) in [6, 6.07) is 17.2. The van der Waals surface area contributed by atoms with Gasteiger partial charge in [0.25, 0.3) is 0 Å². The van der Waals surface area contributed by atoms with Crippen LogP contribution >= 0.6 is 11.6 Å². The van der Waals surface area contributed by atoms with Crippen molar-refractivity contribution >= 4 is 50.3 Å². The lowest BCUT2D eigenvalue weighted by Crippen LogP contribution is -2.54. The fourth-order valence-electron chi connectivity index (χ4n) is 5.04. The van der Waals surface area contributed by atoms with E-state index < -0.39 is 15.9 Å². The van der Waals surface area contributed by atoms with E-state index in [0.29, 0.717) is 29.4 Å². The van der Waals surface area contributed by atoms with Crippen LogP contribution in [0.15, 0.2) is 65.6 Å². The monoisotopic (exact) mass is 523 g/mol. The number of rotatable bonds is 3. The van der Waals surface area contributed by atoms with Crippen LogP contribution in [0.1, 0.15) is 19.4 Å². The van der Waals surface area contributed by atoms with Crippen LogP contribution in [0, 0.1) is 0 Å². The number of halogens is 1. The second-order valence-electron chi connectivity index (χ2n) is 9.39. The Bertz CT molecular complexity index is 1490. The summed E-state index contributed by atoms with van der Waals surface area (Å²) in [4.78, 5) is 30.0. The summed E-state index contributed by atoms with van der Waals surface area (Å²) in [5.74, 6) is -0.176. The molecule has 0 saturated carbocycles. The smallest absolute Gasteiger partial charge is 0.249 e. The summed E-state index contributed by atoms with van der Waals surface area (Å²) in [5.41, 5.74) is 4.84. The fraction of sp³-hybridized carbons (Fsp3) is 0.259. The molecule has 0 aliphatic carbocycles. The van der Waals surface area contributed by atoms with Gasteiger partial charge < -0.3 is 15.1 Å². The Kier molecular flexibility index (Phi) is 6.04. The van der Waals surface area contributed by atoms with Crippen molar-refractivity contribution in [3.63, 3.8) is 0 Å². The quantitative estimate of drug-likeness (QED) is 0.545. The molecule has 0 saturated heterocycles. The van der Waals surface area contributed by atoms with E-state index in [1.807, 2.05) is 43.3 Å². The molecular weight excluding hydrogens is 498 g/mol. The van der Waals surface area contributed by atoms with Gasteiger partial charge in [-0.05, 0) is 60.0 Å². The minimum atomic E-state index is -3.31. The van der Waals surface area contributed by atoms with Gasteiger partial charge >= 0.3 is 0 Å². The van der Waals surface area contributed by atoms with Crippen molar-refractivity contribution in [3.05, 3.63) is 71.2 Å². The maximum Gasteiger partial charge on any atom is 0.249 e. The molecule has 0 spiro atoms. The molecule has 0 bridgehead atoms. The Morgan fingerprint density at radius 1 is 0.972 bits per heavy atom. The number of fused-ring (bicyclic) bond motifs is 2. The highest BCUT2D eigenvalue weighted by molar-refractivity contribution is 7.90. The van der Waals surface area contributed by atoms with Gasteiger partial charge in [-0.2, -0.15) is 0 Å². The second kappa shape index (κ2) is 8.94. The number of anilines is 3. The molecule has 9 heteroatoms. The summed E-state index contributed by atoms with van der Waals surface area (Å²) in [7, 11) is -3.31. The predicted molar refractivity (Wildman–Crippen MR) is 143 cm³/mol. The standard InChI is InChI=1S/C27H26ClN3O4S/c1-16-15-30(27(33)24-12-20-4-8-21(28)14-23(20)29-24)26-13-19(7-11-25(26)31(16)17(2)32)18-5-9-22(10-6-18)36(3,34)35/h4-11,13-14,16,24,29H,12,15H2,1-3H3. The van der Waals surface area contributed by atoms with Crippen LogP contribution in [-0.2, 0) is 25.8 Å². The lowest BCUT2D eigenvalue weighted by atomic mass is 9.99. The second-order valence-corrected chi connectivity index (χ2v) is 11.8. The van der Waals surface area contributed by atoms with E-state index in [4.69, 9.17) is 11.6 Å². The molecule has 3 aromatic carbocycles. The van der Waals surface area contributed by atoms with Gasteiger partial charge in [-0.3, -0.25) is 9.59 Å². The molecule has 5 rings (SSSR count). The molecule has 2 unspecified atom stereocenters. The molecule has 3 aromatic rings. The van der Waals surface area contributed by atoms with E-state index in [1.165, 1.54) is 13.2 Å². The maximum absolute atomic E-state index is 13.8. The molecule has 36 heavy (non-hydrogen) atoms. The molecule has 2 aliphatic rings. The van der Waals surface area contributed by atoms with Crippen molar-refractivity contribution in [3.8, 4) is 11.1 Å². The number of hydrogen-bond donors (Lipinski definition) is 1. The molecule has 7 nitrogen and oxygen atoms in total. The third-order valence-corrected chi connectivity index (χ3v) is 8.12. The molecule has 2 amide bonds. The number of nitrogens with zero attached hydrogens (tertiary/aromatic N) is 2. The van der Waals surface area contributed by atoms with Crippen molar-refractivity contribution in [2.75, 3.05) is 27.9 Å². The van der Waals surface area contributed by atoms with Crippen LogP contribution in [0.2, 0.25) is 5.02 Å². The van der Waals surface area contributed by atoms with Crippen LogP contribution in [-0.4, -0.2) is 45.1 Å². The third kappa shape index (κ3) is 4.35. The number of sulfone groups is 1. The molecule has 2 heterocycles. The SMILES string of the molecule is CC(=O)N1c2ccc(-c3ccc(S(C)(=O)=O)cc3)cc2N(C(=O)C2Cc3ccc(Cl)cc3N2)CC1C. The van der Waals surface area contributed by atoms with E-state index in [0.717, 1.165) is 22.4 Å². The van der Waals surface area contributed by atoms with Crippen LogP contribution < -0.4 is 15.1 Å². The van der Waals surface area contributed by atoms with Gasteiger partial charge in [-0.15, -0.1) is 0 Å². The van der Waals surface area contributed by atoms with Crippen LogP contribution in [0.3, 0.4) is 0 Å². The van der Waals surface area contributed by atoms with Crippen molar-refractivity contribution in [2.24, 2.45) is 0 Å². The molecule has 0 radical (unpaired) electrons. The van der Waals surface area contributed by atoms with Crippen molar-refractivity contribution in [2.45, 2.75) is 37.2 Å². The number of carbonyl (C=O) groups is 2. The van der Waals surface area contributed by atoms with E-state index >= 15 is 0 Å². The van der Waals surface area contributed by atoms with Gasteiger partial charge in [0.2, 0.25) is 11.8 Å². The molecule has 2 atom stereocenters. The topological polar surface area (TPSA) is 86.8 Å². The van der Waals surface area contributed by atoms with Gasteiger partial charge in [0.05, 0.1) is 22.3 Å². The van der Waals surface area contributed by atoms with Gasteiger partial charge in [0, 0.05) is 36.9 Å². The highest BCUT2D eigenvalue weighted by Gasteiger charge is 2.38. The summed E-state index contributed by atoms with van der Waals surface area (Å²) >= 11 is 6.14. The zero-order valence-electron chi connectivity index (χ0n) is 20.2. The Morgan fingerprint density at radius 3 is 2.33 bits per heavy atom. The number of nitrogens with one attached hydrogen (secondary N) is 1.